The normalized spacial score (nSPS) is 12.8. The second kappa shape index (κ2) is 7.90. The van der Waals surface area contributed by atoms with Crippen molar-refractivity contribution in [2.24, 2.45) is 0 Å². The van der Waals surface area contributed by atoms with E-state index in [0.29, 0.717) is 0 Å². The Kier molecular flexibility index (Phi) is 6.19. The third kappa shape index (κ3) is 3.90. The maximum absolute atomic E-state index is 6.61. The summed E-state index contributed by atoms with van der Waals surface area (Å²) in [5, 5.41) is 3.17. The van der Waals surface area contributed by atoms with Crippen LogP contribution in [0.2, 0.25) is 5.02 Å². The van der Waals surface area contributed by atoms with E-state index in [1.807, 2.05) is 18.2 Å². The van der Waals surface area contributed by atoms with Crippen LogP contribution in [0.4, 0.5) is 0 Å². The Morgan fingerprint density at radius 1 is 0.900 bits per heavy atom. The van der Waals surface area contributed by atoms with Gasteiger partial charge in [0.1, 0.15) is 0 Å². The highest BCUT2D eigenvalue weighted by molar-refractivity contribution is 6.35. The highest BCUT2D eigenvalue weighted by Gasteiger charge is 2.12. The van der Waals surface area contributed by atoms with Crippen molar-refractivity contribution in [1.82, 2.24) is 0 Å². The minimum absolute atomic E-state index is 0.0822. The Hall–Kier alpha value is -0.720. The lowest BCUT2D eigenvalue weighted by molar-refractivity contribution is 0.602. The van der Waals surface area contributed by atoms with Gasteiger partial charge >= 0.3 is 0 Å². The number of unbranched alkanes of at least 4 members (excludes halogenated alkanes) is 4. The van der Waals surface area contributed by atoms with E-state index < -0.39 is 0 Å². The molecule has 0 aliphatic heterocycles. The number of halogens is 2. The van der Waals surface area contributed by atoms with Crippen LogP contribution >= 0.6 is 23.2 Å². The van der Waals surface area contributed by atoms with Crippen LogP contribution in [0.1, 0.15) is 56.4 Å². The minimum Gasteiger partial charge on any atom is -0.118 e. The van der Waals surface area contributed by atoms with E-state index in [9.17, 15) is 0 Å². The van der Waals surface area contributed by atoms with Crippen LogP contribution in [0.25, 0.3) is 10.8 Å². The molecule has 2 heteroatoms. The van der Waals surface area contributed by atoms with Gasteiger partial charge in [0.15, 0.2) is 0 Å². The fourth-order valence-corrected chi connectivity index (χ4v) is 3.21. The van der Waals surface area contributed by atoms with Crippen LogP contribution in [0, 0.1) is 0 Å². The van der Waals surface area contributed by atoms with Gasteiger partial charge < -0.3 is 0 Å². The molecule has 0 N–H and O–H groups in total. The second-order valence-corrected chi connectivity index (χ2v) is 6.29. The van der Waals surface area contributed by atoms with Gasteiger partial charge in [-0.2, -0.15) is 0 Å². The van der Waals surface area contributed by atoms with E-state index in [1.165, 1.54) is 43.1 Å². The third-order valence-corrected chi connectivity index (χ3v) is 4.59. The van der Waals surface area contributed by atoms with E-state index in [1.54, 1.807) is 0 Å². The van der Waals surface area contributed by atoms with Crippen LogP contribution in [0.3, 0.4) is 0 Å². The summed E-state index contributed by atoms with van der Waals surface area (Å²) >= 11 is 12.9. The number of alkyl halides is 1. The highest BCUT2D eigenvalue weighted by atomic mass is 35.5. The van der Waals surface area contributed by atoms with Crippen molar-refractivity contribution in [1.29, 1.82) is 0 Å². The zero-order valence-corrected chi connectivity index (χ0v) is 13.6. The summed E-state index contributed by atoms with van der Waals surface area (Å²) in [5.74, 6) is 0. The van der Waals surface area contributed by atoms with Gasteiger partial charge in [0.25, 0.3) is 0 Å². The topological polar surface area (TPSA) is 0 Å². The predicted octanol–water partition coefficient (Wildman–Crippen LogP) is 7.13. The summed E-state index contributed by atoms with van der Waals surface area (Å²) in [6.07, 6.45) is 7.45. The van der Waals surface area contributed by atoms with Crippen LogP contribution < -0.4 is 0 Å². The zero-order chi connectivity index (χ0) is 14.4. The van der Waals surface area contributed by atoms with Gasteiger partial charge in [0, 0.05) is 10.4 Å². The molecule has 0 saturated heterocycles. The summed E-state index contributed by atoms with van der Waals surface area (Å²) in [5.41, 5.74) is 1.21. The van der Waals surface area contributed by atoms with E-state index in [4.69, 9.17) is 23.2 Å². The summed E-state index contributed by atoms with van der Waals surface area (Å²) < 4.78 is 0. The first-order valence-electron chi connectivity index (χ1n) is 7.55. The Balaban J connectivity index is 2.06. The molecule has 2 aromatic rings. The first-order valence-corrected chi connectivity index (χ1v) is 8.36. The van der Waals surface area contributed by atoms with Crippen molar-refractivity contribution < 1.29 is 0 Å². The van der Waals surface area contributed by atoms with Crippen LogP contribution in [-0.4, -0.2) is 0 Å². The fourth-order valence-electron chi connectivity index (χ4n) is 2.64. The molecule has 0 heterocycles. The highest BCUT2D eigenvalue weighted by Crippen LogP contribution is 2.35. The fraction of sp³-hybridized carbons (Fsp3) is 0.444. The van der Waals surface area contributed by atoms with Crippen LogP contribution in [0.15, 0.2) is 36.4 Å². The van der Waals surface area contributed by atoms with Crippen LogP contribution in [0.5, 0.6) is 0 Å². The first-order chi connectivity index (χ1) is 9.74. The standard InChI is InChI=1S/C18H22Cl2/c1-2-3-4-5-6-11-17(19)16-12-13-18(20)15-10-8-7-9-14(15)16/h7-10,12-13,17H,2-6,11H2,1H3. The summed E-state index contributed by atoms with van der Waals surface area (Å²) in [6.45, 7) is 2.24. The lowest BCUT2D eigenvalue weighted by atomic mass is 9.98. The zero-order valence-electron chi connectivity index (χ0n) is 12.0. The Morgan fingerprint density at radius 3 is 2.35 bits per heavy atom. The average Bonchev–Trinajstić information content (AvgIpc) is 2.47. The van der Waals surface area contributed by atoms with E-state index >= 15 is 0 Å². The number of benzene rings is 2. The van der Waals surface area contributed by atoms with Crippen molar-refractivity contribution in [2.45, 2.75) is 50.8 Å². The molecule has 0 nitrogen and oxygen atoms in total. The van der Waals surface area contributed by atoms with E-state index in [2.05, 4.69) is 25.1 Å². The SMILES string of the molecule is CCCCCCCC(Cl)c1ccc(Cl)c2ccccc12. The smallest absolute Gasteiger partial charge is 0.0591 e. The van der Waals surface area contributed by atoms with Gasteiger partial charge in [0.05, 0.1) is 5.38 Å². The molecule has 0 fully saturated rings. The molecule has 0 saturated carbocycles. The molecular weight excluding hydrogens is 287 g/mol. The molecule has 0 aliphatic carbocycles. The molecule has 20 heavy (non-hydrogen) atoms. The lowest BCUT2D eigenvalue weighted by Crippen LogP contribution is -1.93. The first kappa shape index (κ1) is 15.7. The average molecular weight is 309 g/mol. The number of rotatable bonds is 7. The maximum atomic E-state index is 6.61. The molecule has 0 spiro atoms. The van der Waals surface area contributed by atoms with Crippen molar-refractivity contribution in [3.8, 4) is 0 Å². The Morgan fingerprint density at radius 2 is 1.60 bits per heavy atom. The molecule has 1 atom stereocenters. The summed E-state index contributed by atoms with van der Waals surface area (Å²) in [6, 6.07) is 12.3. The molecular formula is C18H22Cl2. The predicted molar refractivity (Wildman–Crippen MR) is 90.9 cm³/mol. The lowest BCUT2D eigenvalue weighted by Gasteiger charge is -2.13. The molecule has 1 unspecified atom stereocenters. The van der Waals surface area contributed by atoms with Gasteiger partial charge in [-0.1, -0.05) is 81.0 Å². The number of hydrogen-bond donors (Lipinski definition) is 0. The van der Waals surface area contributed by atoms with Crippen molar-refractivity contribution in [2.75, 3.05) is 0 Å². The quantitative estimate of drug-likeness (QED) is 0.377. The Bertz CT molecular complexity index is 548. The summed E-state index contributed by atoms with van der Waals surface area (Å²) in [4.78, 5) is 0. The van der Waals surface area contributed by atoms with Crippen molar-refractivity contribution >= 4 is 34.0 Å². The molecule has 0 aromatic heterocycles. The van der Waals surface area contributed by atoms with Gasteiger partial charge in [-0.15, -0.1) is 11.6 Å². The third-order valence-electron chi connectivity index (χ3n) is 3.80. The minimum atomic E-state index is 0.0822. The molecule has 2 rings (SSSR count). The monoisotopic (exact) mass is 308 g/mol. The Labute approximate surface area is 132 Å². The van der Waals surface area contributed by atoms with Crippen molar-refractivity contribution in [3.05, 3.63) is 47.0 Å². The maximum Gasteiger partial charge on any atom is 0.0591 e. The van der Waals surface area contributed by atoms with Gasteiger partial charge in [-0.3, -0.25) is 0 Å². The molecule has 0 bridgehead atoms. The van der Waals surface area contributed by atoms with E-state index in [0.717, 1.165) is 16.8 Å². The van der Waals surface area contributed by atoms with Gasteiger partial charge in [-0.05, 0) is 23.4 Å². The van der Waals surface area contributed by atoms with Gasteiger partial charge in [0.2, 0.25) is 0 Å². The molecule has 0 aliphatic rings. The molecule has 0 radical (unpaired) electrons. The van der Waals surface area contributed by atoms with E-state index in [-0.39, 0.29) is 5.38 Å². The molecule has 2 aromatic carbocycles. The van der Waals surface area contributed by atoms with Crippen LogP contribution in [-0.2, 0) is 0 Å². The number of hydrogen-bond acceptors (Lipinski definition) is 0. The molecule has 0 amide bonds. The second-order valence-electron chi connectivity index (χ2n) is 5.35. The molecule has 108 valence electrons. The number of fused-ring (bicyclic) bond motifs is 1. The summed E-state index contributed by atoms with van der Waals surface area (Å²) in [7, 11) is 0. The van der Waals surface area contributed by atoms with Gasteiger partial charge in [-0.25, -0.2) is 0 Å². The largest absolute Gasteiger partial charge is 0.118 e. The van der Waals surface area contributed by atoms with Crippen molar-refractivity contribution in [3.63, 3.8) is 0 Å².